The van der Waals surface area contributed by atoms with Gasteiger partial charge in [0.1, 0.15) is 12.2 Å². The normalized spacial score (nSPS) is 11.7. The van der Waals surface area contributed by atoms with Crippen molar-refractivity contribution in [2.45, 2.75) is 25.9 Å². The Morgan fingerprint density at radius 2 is 1.73 bits per heavy atom. The Balaban J connectivity index is 1.58. The van der Waals surface area contributed by atoms with Gasteiger partial charge in [0.25, 0.3) is 0 Å². The Morgan fingerprint density at radius 3 is 2.48 bits per heavy atom. The number of anilines is 1. The van der Waals surface area contributed by atoms with Gasteiger partial charge in [-0.1, -0.05) is 50.2 Å². The van der Waals surface area contributed by atoms with E-state index >= 15 is 0 Å². The molecule has 5 nitrogen and oxygen atoms in total. The van der Waals surface area contributed by atoms with Crippen molar-refractivity contribution < 1.29 is 18.0 Å². The van der Waals surface area contributed by atoms with Crippen molar-refractivity contribution in [3.05, 3.63) is 78.6 Å². The molecule has 4 rings (SSSR count). The molecule has 33 heavy (non-hydrogen) atoms. The minimum absolute atomic E-state index is 0.379. The number of carbonyl (C=O) groups is 1. The van der Waals surface area contributed by atoms with Crippen LogP contribution in [0.25, 0.3) is 28.0 Å². The molecule has 0 spiro atoms. The highest BCUT2D eigenvalue weighted by molar-refractivity contribution is 5.90. The van der Waals surface area contributed by atoms with Crippen LogP contribution in [0.15, 0.2) is 73.1 Å². The van der Waals surface area contributed by atoms with E-state index < -0.39 is 18.8 Å². The number of imidazole rings is 1. The number of benzene rings is 2. The van der Waals surface area contributed by atoms with E-state index in [1.807, 2.05) is 28.8 Å². The fourth-order valence-corrected chi connectivity index (χ4v) is 3.56. The molecule has 0 unspecified atom stereocenters. The topological polar surface area (TPSA) is 58.4 Å². The van der Waals surface area contributed by atoms with Crippen molar-refractivity contribution in [2.75, 3.05) is 11.9 Å². The summed E-state index contributed by atoms with van der Waals surface area (Å²) in [5.74, 6) is 0.433. The largest absolute Gasteiger partial charge is 0.405 e. The van der Waals surface area contributed by atoms with Gasteiger partial charge in [-0.2, -0.15) is 13.2 Å². The Morgan fingerprint density at radius 1 is 1.00 bits per heavy atom. The minimum Gasteiger partial charge on any atom is -0.329 e. The Kier molecular flexibility index (Phi) is 6.09. The molecule has 0 atom stereocenters. The van der Waals surface area contributed by atoms with Crippen LogP contribution in [0, 0.1) is 0 Å². The summed E-state index contributed by atoms with van der Waals surface area (Å²) in [6, 6.07) is 18.4. The van der Waals surface area contributed by atoms with Crippen molar-refractivity contribution >= 4 is 17.4 Å². The monoisotopic (exact) mass is 452 g/mol. The number of hydrogen-bond donors (Lipinski definition) is 2. The van der Waals surface area contributed by atoms with E-state index in [0.29, 0.717) is 11.6 Å². The van der Waals surface area contributed by atoms with E-state index in [9.17, 15) is 18.0 Å². The number of alkyl halides is 3. The maximum Gasteiger partial charge on any atom is 0.405 e. The third-order valence-electron chi connectivity index (χ3n) is 5.27. The number of nitrogens with zero attached hydrogens (tertiary/aromatic N) is 2. The summed E-state index contributed by atoms with van der Waals surface area (Å²) in [5.41, 5.74) is 6.14. The summed E-state index contributed by atoms with van der Waals surface area (Å²) in [5, 5.41) is 4.23. The maximum atomic E-state index is 12.3. The van der Waals surface area contributed by atoms with Gasteiger partial charge in [-0.15, -0.1) is 0 Å². The number of carbonyl (C=O) groups excluding carboxylic acids is 1. The second kappa shape index (κ2) is 8.97. The number of nitrogens with one attached hydrogen (secondary N) is 2. The smallest absolute Gasteiger partial charge is 0.329 e. The lowest BCUT2D eigenvalue weighted by molar-refractivity contribution is -0.122. The van der Waals surface area contributed by atoms with Crippen LogP contribution in [0.3, 0.4) is 0 Å². The zero-order chi connectivity index (χ0) is 23.6. The number of urea groups is 1. The summed E-state index contributed by atoms with van der Waals surface area (Å²) >= 11 is 0. The Hall–Kier alpha value is -3.81. The number of pyridine rings is 1. The third kappa shape index (κ3) is 5.34. The molecule has 0 bridgehead atoms. The van der Waals surface area contributed by atoms with Crippen LogP contribution in [0.4, 0.5) is 23.7 Å². The fourth-order valence-electron chi connectivity index (χ4n) is 3.56. The van der Waals surface area contributed by atoms with Gasteiger partial charge >= 0.3 is 12.2 Å². The number of halogens is 3. The molecule has 0 fully saturated rings. The molecule has 2 aromatic carbocycles. The predicted octanol–water partition coefficient (Wildman–Crippen LogP) is 6.48. The van der Waals surface area contributed by atoms with Gasteiger partial charge in [-0.05, 0) is 46.9 Å². The van der Waals surface area contributed by atoms with E-state index in [2.05, 4.69) is 48.4 Å². The lowest BCUT2D eigenvalue weighted by atomic mass is 9.98. The zero-order valence-electron chi connectivity index (χ0n) is 18.1. The van der Waals surface area contributed by atoms with E-state index in [0.717, 1.165) is 28.0 Å². The van der Waals surface area contributed by atoms with E-state index in [4.69, 9.17) is 0 Å². The van der Waals surface area contributed by atoms with Crippen LogP contribution in [-0.2, 0) is 0 Å². The number of hydrogen-bond acceptors (Lipinski definition) is 2. The standard InChI is InChI=1S/C25H23F3N4O/c1-16(2)17-5-3-6-18(11-17)19-9-10-32-22(14-29-23(32)13-19)20-7-4-8-21(12-20)31-24(33)30-15-25(26,27)28/h3-14,16H,15H2,1-2H3,(H2,30,31,33). The first kappa shape index (κ1) is 22.4. The van der Waals surface area contributed by atoms with E-state index in [-0.39, 0.29) is 0 Å². The number of aromatic nitrogens is 2. The number of amides is 2. The van der Waals surface area contributed by atoms with Gasteiger partial charge in [0.05, 0.1) is 11.9 Å². The molecule has 0 aliphatic heterocycles. The molecule has 2 amide bonds. The van der Waals surface area contributed by atoms with E-state index in [1.54, 1.807) is 29.7 Å². The van der Waals surface area contributed by atoms with Gasteiger partial charge in [0.15, 0.2) is 0 Å². The van der Waals surface area contributed by atoms with Gasteiger partial charge < -0.3 is 10.6 Å². The molecule has 4 aromatic rings. The highest BCUT2D eigenvalue weighted by Gasteiger charge is 2.27. The summed E-state index contributed by atoms with van der Waals surface area (Å²) in [4.78, 5) is 16.3. The van der Waals surface area contributed by atoms with Gasteiger partial charge in [-0.3, -0.25) is 4.40 Å². The quantitative estimate of drug-likeness (QED) is 0.364. The molecule has 2 aromatic heterocycles. The lowest BCUT2D eigenvalue weighted by Crippen LogP contribution is -2.36. The molecular weight excluding hydrogens is 429 g/mol. The van der Waals surface area contributed by atoms with Crippen molar-refractivity contribution in [1.82, 2.24) is 14.7 Å². The van der Waals surface area contributed by atoms with Crippen molar-refractivity contribution in [3.8, 4) is 22.4 Å². The summed E-state index contributed by atoms with van der Waals surface area (Å²) in [6.07, 6.45) is -0.803. The first-order chi connectivity index (χ1) is 15.7. The molecule has 0 saturated carbocycles. The minimum atomic E-state index is -4.47. The third-order valence-corrected chi connectivity index (χ3v) is 5.27. The fraction of sp³-hybridized carbons (Fsp3) is 0.200. The Bertz CT molecular complexity index is 1290. The van der Waals surface area contributed by atoms with Crippen LogP contribution < -0.4 is 10.6 Å². The second-order valence-corrected chi connectivity index (χ2v) is 8.07. The van der Waals surface area contributed by atoms with Crippen LogP contribution in [0.5, 0.6) is 0 Å². The van der Waals surface area contributed by atoms with Gasteiger partial charge in [0.2, 0.25) is 0 Å². The molecular formula is C25H23F3N4O. The summed E-state index contributed by atoms with van der Waals surface area (Å²) in [6.45, 7) is 2.92. The molecule has 0 radical (unpaired) electrons. The average molecular weight is 452 g/mol. The zero-order valence-corrected chi connectivity index (χ0v) is 18.1. The van der Waals surface area contributed by atoms with Crippen molar-refractivity contribution in [3.63, 3.8) is 0 Å². The van der Waals surface area contributed by atoms with Gasteiger partial charge in [-0.25, -0.2) is 9.78 Å². The van der Waals surface area contributed by atoms with Crippen molar-refractivity contribution in [1.29, 1.82) is 0 Å². The van der Waals surface area contributed by atoms with Crippen LogP contribution in [0.1, 0.15) is 25.3 Å². The molecule has 2 heterocycles. The summed E-state index contributed by atoms with van der Waals surface area (Å²) in [7, 11) is 0. The molecule has 170 valence electrons. The molecule has 8 heteroatoms. The molecule has 2 N–H and O–H groups in total. The molecule has 0 saturated heterocycles. The van der Waals surface area contributed by atoms with Gasteiger partial charge in [0, 0.05) is 17.4 Å². The first-order valence-corrected chi connectivity index (χ1v) is 10.5. The lowest BCUT2D eigenvalue weighted by Gasteiger charge is -2.11. The predicted molar refractivity (Wildman–Crippen MR) is 123 cm³/mol. The maximum absolute atomic E-state index is 12.3. The van der Waals surface area contributed by atoms with Crippen LogP contribution in [-0.4, -0.2) is 28.1 Å². The average Bonchev–Trinajstić information content (AvgIpc) is 3.21. The number of rotatable bonds is 5. The molecule has 0 aliphatic carbocycles. The highest BCUT2D eigenvalue weighted by Crippen LogP contribution is 2.28. The van der Waals surface area contributed by atoms with Crippen LogP contribution in [0.2, 0.25) is 0 Å². The number of fused-ring (bicyclic) bond motifs is 1. The van der Waals surface area contributed by atoms with E-state index in [1.165, 1.54) is 5.56 Å². The second-order valence-electron chi connectivity index (χ2n) is 8.07. The summed E-state index contributed by atoms with van der Waals surface area (Å²) < 4.78 is 38.8. The van der Waals surface area contributed by atoms with Crippen molar-refractivity contribution in [2.24, 2.45) is 0 Å². The first-order valence-electron chi connectivity index (χ1n) is 10.5. The Labute approximate surface area is 189 Å². The van der Waals surface area contributed by atoms with Crippen LogP contribution >= 0.6 is 0 Å². The highest BCUT2D eigenvalue weighted by atomic mass is 19.4. The molecule has 0 aliphatic rings. The SMILES string of the molecule is CC(C)c1cccc(-c2ccn3c(-c4cccc(NC(=O)NCC(F)(F)F)c4)cnc3c2)c1.